The molecule has 0 spiro atoms. The monoisotopic (exact) mass is 272 g/mol. The lowest BCUT2D eigenvalue weighted by Crippen LogP contribution is -2.37. The molecule has 2 atom stereocenters. The van der Waals surface area contributed by atoms with Gasteiger partial charge >= 0.3 is 0 Å². The summed E-state index contributed by atoms with van der Waals surface area (Å²) in [6.07, 6.45) is 2.29. The first-order valence-corrected chi connectivity index (χ1v) is 7.51. The van der Waals surface area contributed by atoms with Crippen LogP contribution in [-0.2, 0) is 24.3 Å². The third-order valence-corrected chi connectivity index (χ3v) is 3.54. The molecule has 1 aromatic rings. The summed E-state index contributed by atoms with van der Waals surface area (Å²) in [6.45, 7) is 3.75. The molecular weight excluding hydrogens is 252 g/mol. The van der Waals surface area contributed by atoms with Crippen molar-refractivity contribution in [1.29, 1.82) is 0 Å². The second-order valence-corrected chi connectivity index (χ2v) is 5.78. The Balaban J connectivity index is 2.84. The van der Waals surface area contributed by atoms with Crippen molar-refractivity contribution in [1.82, 2.24) is 15.1 Å². The van der Waals surface area contributed by atoms with E-state index in [4.69, 9.17) is 5.73 Å². The second-order valence-electron chi connectivity index (χ2n) is 4.30. The van der Waals surface area contributed by atoms with Gasteiger partial charge in [0.15, 0.2) is 0 Å². The van der Waals surface area contributed by atoms with Crippen molar-refractivity contribution in [2.24, 2.45) is 7.05 Å². The van der Waals surface area contributed by atoms with Crippen molar-refractivity contribution in [3.63, 3.8) is 0 Å². The summed E-state index contributed by atoms with van der Waals surface area (Å²) in [5.74, 6) is 0.143. The minimum absolute atomic E-state index is 0.164. The number of hydrogen-bond donors (Lipinski definition) is 2. The average molecular weight is 272 g/mol. The van der Waals surface area contributed by atoms with Gasteiger partial charge in [0, 0.05) is 35.9 Å². The number of nitrogen functional groups attached to an aromatic ring is 1. The maximum absolute atomic E-state index is 12.1. The molecule has 0 aromatic carbocycles. The number of amides is 1. The van der Waals surface area contributed by atoms with Gasteiger partial charge in [-0.3, -0.25) is 13.7 Å². The van der Waals surface area contributed by atoms with E-state index in [2.05, 4.69) is 10.4 Å². The quantitative estimate of drug-likeness (QED) is 0.793. The van der Waals surface area contributed by atoms with Crippen LogP contribution < -0.4 is 11.1 Å². The van der Waals surface area contributed by atoms with Gasteiger partial charge in [-0.05, 0) is 13.3 Å². The van der Waals surface area contributed by atoms with E-state index >= 15 is 0 Å². The highest BCUT2D eigenvalue weighted by atomic mass is 32.2. The zero-order valence-electron chi connectivity index (χ0n) is 11.2. The summed E-state index contributed by atoms with van der Waals surface area (Å²) in [5, 5.41) is 6.96. The zero-order chi connectivity index (χ0) is 13.9. The molecule has 0 bridgehead atoms. The van der Waals surface area contributed by atoms with Crippen molar-refractivity contribution in [2.75, 3.05) is 17.7 Å². The predicted molar refractivity (Wildman–Crippen MR) is 72.9 cm³/mol. The molecule has 6 nitrogen and oxygen atoms in total. The summed E-state index contributed by atoms with van der Waals surface area (Å²) in [7, 11) is 0.744. The van der Waals surface area contributed by atoms with Crippen LogP contribution in [0.4, 0.5) is 5.69 Å². The van der Waals surface area contributed by atoms with Gasteiger partial charge in [0.2, 0.25) is 0 Å². The van der Waals surface area contributed by atoms with Crippen LogP contribution in [-0.4, -0.2) is 37.9 Å². The summed E-state index contributed by atoms with van der Waals surface area (Å²) < 4.78 is 12.6. The van der Waals surface area contributed by atoms with Crippen molar-refractivity contribution < 1.29 is 9.00 Å². The second kappa shape index (κ2) is 5.99. The average Bonchev–Trinajstić information content (AvgIpc) is 2.52. The molecule has 0 saturated carbocycles. The minimum Gasteiger partial charge on any atom is -0.395 e. The largest absolute Gasteiger partial charge is 0.395 e. The summed E-state index contributed by atoms with van der Waals surface area (Å²) in [5.41, 5.74) is 7.39. The van der Waals surface area contributed by atoms with E-state index in [0.717, 1.165) is 5.69 Å². The molecule has 0 aliphatic carbocycles. The number of aryl methyl sites for hydroxylation is 2. The van der Waals surface area contributed by atoms with Gasteiger partial charge < -0.3 is 11.1 Å². The molecule has 1 heterocycles. The van der Waals surface area contributed by atoms with Crippen LogP contribution in [0.3, 0.4) is 0 Å². The molecule has 0 aliphatic rings. The Kier molecular flexibility index (Phi) is 4.89. The maximum atomic E-state index is 12.1. The number of anilines is 1. The summed E-state index contributed by atoms with van der Waals surface area (Å²) in [6, 6.07) is -0.164. The Bertz CT molecular complexity index is 470. The van der Waals surface area contributed by atoms with Crippen LogP contribution in [0, 0.1) is 0 Å². The number of nitrogens with one attached hydrogen (secondary N) is 1. The van der Waals surface area contributed by atoms with E-state index in [0.29, 0.717) is 23.6 Å². The highest BCUT2D eigenvalue weighted by molar-refractivity contribution is 7.84. The van der Waals surface area contributed by atoms with Crippen LogP contribution in [0.15, 0.2) is 0 Å². The van der Waals surface area contributed by atoms with E-state index in [1.54, 1.807) is 13.3 Å². The van der Waals surface area contributed by atoms with Crippen molar-refractivity contribution in [3.8, 4) is 0 Å². The van der Waals surface area contributed by atoms with E-state index in [1.165, 1.54) is 4.68 Å². The third-order valence-electron chi connectivity index (χ3n) is 2.57. The first kappa shape index (κ1) is 14.7. The molecule has 3 N–H and O–H groups in total. The molecule has 102 valence electrons. The van der Waals surface area contributed by atoms with Crippen LogP contribution in [0.5, 0.6) is 0 Å². The van der Waals surface area contributed by atoms with Gasteiger partial charge in [0.1, 0.15) is 5.69 Å². The molecular formula is C11H20N4O2S. The maximum Gasteiger partial charge on any atom is 0.271 e. The van der Waals surface area contributed by atoms with Gasteiger partial charge in [-0.25, -0.2) is 0 Å². The van der Waals surface area contributed by atoms with Gasteiger partial charge in [-0.15, -0.1) is 0 Å². The number of nitrogens with two attached hydrogens (primary N) is 1. The van der Waals surface area contributed by atoms with E-state index in [9.17, 15) is 9.00 Å². The van der Waals surface area contributed by atoms with Gasteiger partial charge in [0.05, 0.1) is 11.4 Å². The topological polar surface area (TPSA) is 90.0 Å². The molecule has 2 unspecified atom stereocenters. The number of aromatic nitrogens is 2. The Morgan fingerprint density at radius 2 is 2.22 bits per heavy atom. The van der Waals surface area contributed by atoms with Gasteiger partial charge in [-0.2, -0.15) is 5.10 Å². The predicted octanol–water partition coefficient (Wildman–Crippen LogP) is 0.0615. The molecule has 1 rings (SSSR count). The first-order valence-electron chi connectivity index (χ1n) is 5.79. The first-order chi connectivity index (χ1) is 8.36. The number of nitrogens with zero attached hydrogens (tertiary/aromatic N) is 2. The number of carbonyl (C=O) groups excluding carboxylic acids is 1. The number of hydrogen-bond acceptors (Lipinski definition) is 4. The summed E-state index contributed by atoms with van der Waals surface area (Å²) in [4.78, 5) is 12.1. The third kappa shape index (κ3) is 3.32. The normalized spacial score (nSPS) is 14.2. The van der Waals surface area contributed by atoms with Crippen LogP contribution in [0.25, 0.3) is 0 Å². The SMILES string of the molecule is CCc1nn(C)c(C(=O)NC(C)CS(C)=O)c1N. The molecule has 0 radical (unpaired) electrons. The van der Waals surface area contributed by atoms with Crippen LogP contribution in [0.1, 0.15) is 30.0 Å². The Hall–Kier alpha value is -1.37. The molecule has 18 heavy (non-hydrogen) atoms. The molecule has 0 aliphatic heterocycles. The van der Waals surface area contributed by atoms with E-state index < -0.39 is 10.8 Å². The number of rotatable bonds is 5. The van der Waals surface area contributed by atoms with Gasteiger partial charge in [0.25, 0.3) is 5.91 Å². The van der Waals surface area contributed by atoms with Crippen molar-refractivity contribution in [3.05, 3.63) is 11.4 Å². The number of carbonyl (C=O) groups is 1. The van der Waals surface area contributed by atoms with Crippen molar-refractivity contribution >= 4 is 22.4 Å². The fourth-order valence-corrected chi connectivity index (χ4v) is 2.60. The zero-order valence-corrected chi connectivity index (χ0v) is 12.0. The molecule has 1 amide bonds. The molecule has 0 saturated heterocycles. The van der Waals surface area contributed by atoms with Gasteiger partial charge in [-0.1, -0.05) is 6.92 Å². The lowest BCUT2D eigenvalue weighted by molar-refractivity contribution is 0.0935. The Labute approximate surface area is 109 Å². The van der Waals surface area contributed by atoms with Crippen LogP contribution >= 0.6 is 0 Å². The lowest BCUT2D eigenvalue weighted by Gasteiger charge is -2.12. The van der Waals surface area contributed by atoms with Crippen molar-refractivity contribution in [2.45, 2.75) is 26.3 Å². The molecule has 1 aromatic heterocycles. The fourth-order valence-electron chi connectivity index (χ4n) is 1.81. The smallest absolute Gasteiger partial charge is 0.271 e. The van der Waals surface area contributed by atoms with E-state index in [-0.39, 0.29) is 11.9 Å². The van der Waals surface area contributed by atoms with E-state index in [1.807, 2.05) is 13.8 Å². The summed E-state index contributed by atoms with van der Waals surface area (Å²) >= 11 is 0. The fraction of sp³-hybridized carbons (Fsp3) is 0.636. The highest BCUT2D eigenvalue weighted by Crippen LogP contribution is 2.16. The molecule has 7 heteroatoms. The standard InChI is InChI=1S/C11H20N4O2S/c1-5-8-9(12)10(15(3)14-8)11(16)13-7(2)6-18(4)17/h7H,5-6,12H2,1-4H3,(H,13,16). The Morgan fingerprint density at radius 3 is 2.67 bits per heavy atom. The molecule has 0 fully saturated rings. The highest BCUT2D eigenvalue weighted by Gasteiger charge is 2.20. The Morgan fingerprint density at radius 1 is 1.61 bits per heavy atom. The van der Waals surface area contributed by atoms with Crippen LogP contribution in [0.2, 0.25) is 0 Å². The lowest BCUT2D eigenvalue weighted by atomic mass is 10.2. The minimum atomic E-state index is -0.944.